The van der Waals surface area contributed by atoms with Crippen LogP contribution in [0, 0.1) is 0 Å². The van der Waals surface area contributed by atoms with Crippen molar-refractivity contribution in [3.63, 3.8) is 0 Å². The summed E-state index contributed by atoms with van der Waals surface area (Å²) in [7, 11) is 0. The smallest absolute Gasteiger partial charge is 0.150 e. The van der Waals surface area contributed by atoms with Gasteiger partial charge < -0.3 is 0 Å². The lowest BCUT2D eigenvalue weighted by atomic mass is 9.81. The van der Waals surface area contributed by atoms with E-state index in [1.807, 2.05) is 85.2 Å². The highest BCUT2D eigenvalue weighted by Gasteiger charge is 2.22. The summed E-state index contributed by atoms with van der Waals surface area (Å²) >= 11 is 0. The highest BCUT2D eigenvalue weighted by molar-refractivity contribution is 6.39. The molecule has 224 valence electrons. The first kappa shape index (κ1) is 27.8. The summed E-state index contributed by atoms with van der Waals surface area (Å²) in [5.74, 6) is 0. The summed E-state index contributed by atoms with van der Waals surface area (Å²) in [6, 6.07) is 45.3. The van der Waals surface area contributed by atoms with E-state index >= 15 is 0 Å². The molecule has 7 aromatic carbocycles. The number of rotatable bonds is 6. The lowest BCUT2D eigenvalue weighted by Crippen LogP contribution is -1.96. The molecule has 0 atom stereocenters. The summed E-state index contributed by atoms with van der Waals surface area (Å²) in [5.41, 5.74) is 9.54. The average molecular weight is 615 g/mol. The molecule has 2 heterocycles. The van der Waals surface area contributed by atoms with Crippen LogP contribution >= 0.6 is 0 Å². The van der Waals surface area contributed by atoms with E-state index in [0.717, 1.165) is 100 Å². The maximum atomic E-state index is 11.4. The number of aromatic nitrogens is 2. The van der Waals surface area contributed by atoms with Gasteiger partial charge in [0.15, 0.2) is 0 Å². The van der Waals surface area contributed by atoms with Crippen molar-refractivity contribution in [1.29, 1.82) is 0 Å². The van der Waals surface area contributed by atoms with E-state index in [0.29, 0.717) is 11.1 Å². The Morgan fingerprint density at radius 3 is 1.12 bits per heavy atom. The Bertz CT molecular complexity index is 2480. The zero-order valence-electron chi connectivity index (χ0n) is 25.7. The second kappa shape index (κ2) is 11.1. The first-order valence-corrected chi connectivity index (χ1v) is 15.9. The fourth-order valence-corrected chi connectivity index (χ4v) is 7.33. The van der Waals surface area contributed by atoms with Crippen LogP contribution in [0.1, 0.15) is 20.7 Å². The molecule has 0 saturated carbocycles. The number of pyridine rings is 2. The second-order valence-electron chi connectivity index (χ2n) is 12.1. The van der Waals surface area contributed by atoms with Crippen LogP contribution in [0.15, 0.2) is 146 Å². The van der Waals surface area contributed by atoms with Gasteiger partial charge in [-0.05, 0) is 78.8 Å². The Hall–Kier alpha value is -6.52. The van der Waals surface area contributed by atoms with Crippen molar-refractivity contribution in [2.45, 2.75) is 0 Å². The molecule has 0 aliphatic heterocycles. The van der Waals surface area contributed by atoms with Gasteiger partial charge in [-0.3, -0.25) is 19.6 Å². The van der Waals surface area contributed by atoms with Crippen LogP contribution in [0.25, 0.3) is 87.9 Å². The topological polar surface area (TPSA) is 59.9 Å². The van der Waals surface area contributed by atoms with Crippen LogP contribution in [0.2, 0.25) is 0 Å². The maximum absolute atomic E-state index is 11.4. The van der Waals surface area contributed by atoms with Crippen molar-refractivity contribution in [3.05, 3.63) is 157 Å². The first-order chi connectivity index (χ1) is 23.7. The average Bonchev–Trinajstić information content (AvgIpc) is 3.17. The van der Waals surface area contributed by atoms with Crippen LogP contribution in [0.4, 0.5) is 0 Å². The SMILES string of the molecule is O=Cc1ccc(-c2ccc3c4c(-c5ccccn5)ccc5c(-c6ccc(C=O)cc6)ccc(c6c(-c7ccccn7)ccc2c36)c54)cc1. The predicted octanol–water partition coefficient (Wildman–Crippen LogP) is 10.8. The number of fused-ring (bicyclic) bond motifs is 2. The Labute approximate surface area is 276 Å². The van der Waals surface area contributed by atoms with Gasteiger partial charge in [0.2, 0.25) is 0 Å². The van der Waals surface area contributed by atoms with Gasteiger partial charge in [0.05, 0.1) is 11.4 Å². The third kappa shape index (κ3) is 4.24. The minimum absolute atomic E-state index is 0.649. The zero-order chi connectivity index (χ0) is 32.2. The van der Waals surface area contributed by atoms with E-state index in [4.69, 9.17) is 9.97 Å². The fraction of sp³-hybridized carbons (Fsp3) is 0. The number of hydrogen-bond donors (Lipinski definition) is 0. The summed E-state index contributed by atoms with van der Waals surface area (Å²) in [4.78, 5) is 32.5. The monoisotopic (exact) mass is 614 g/mol. The van der Waals surface area contributed by atoms with E-state index in [-0.39, 0.29) is 0 Å². The van der Waals surface area contributed by atoms with Crippen LogP contribution < -0.4 is 0 Å². The molecule has 0 unspecified atom stereocenters. The Kier molecular flexibility index (Phi) is 6.41. The third-order valence-corrected chi connectivity index (χ3v) is 9.50. The number of benzene rings is 7. The molecule has 0 aliphatic rings. The van der Waals surface area contributed by atoms with Crippen molar-refractivity contribution in [2.24, 2.45) is 0 Å². The molecule has 2 aromatic heterocycles. The molecular weight excluding hydrogens is 588 g/mol. The van der Waals surface area contributed by atoms with E-state index in [2.05, 4.69) is 60.7 Å². The Morgan fingerprint density at radius 2 is 0.750 bits per heavy atom. The van der Waals surface area contributed by atoms with Crippen LogP contribution in [-0.4, -0.2) is 22.5 Å². The van der Waals surface area contributed by atoms with Gasteiger partial charge in [0.25, 0.3) is 0 Å². The quantitative estimate of drug-likeness (QED) is 0.106. The molecule has 0 saturated heterocycles. The molecule has 9 rings (SSSR count). The van der Waals surface area contributed by atoms with Crippen LogP contribution in [0.3, 0.4) is 0 Å². The molecule has 0 amide bonds. The number of nitrogens with zero attached hydrogens (tertiary/aromatic N) is 2. The molecule has 0 N–H and O–H groups in total. The lowest BCUT2D eigenvalue weighted by Gasteiger charge is -2.22. The minimum atomic E-state index is 0.649. The molecule has 0 aliphatic carbocycles. The zero-order valence-corrected chi connectivity index (χ0v) is 25.7. The summed E-state index contributed by atoms with van der Waals surface area (Å²) < 4.78 is 0. The molecule has 9 aromatic rings. The van der Waals surface area contributed by atoms with Crippen molar-refractivity contribution >= 4 is 55.7 Å². The molecule has 4 nitrogen and oxygen atoms in total. The number of aldehydes is 2. The normalized spacial score (nSPS) is 11.5. The Morgan fingerprint density at radius 1 is 0.354 bits per heavy atom. The van der Waals surface area contributed by atoms with Gasteiger partial charge in [0, 0.05) is 45.4 Å². The van der Waals surface area contributed by atoms with Crippen molar-refractivity contribution in [3.8, 4) is 44.8 Å². The number of carbonyl (C=O) groups is 2. The van der Waals surface area contributed by atoms with Gasteiger partial charge >= 0.3 is 0 Å². The van der Waals surface area contributed by atoms with E-state index < -0.39 is 0 Å². The van der Waals surface area contributed by atoms with Crippen molar-refractivity contribution in [1.82, 2.24) is 9.97 Å². The summed E-state index contributed by atoms with van der Waals surface area (Å²) in [5, 5.41) is 9.15. The maximum Gasteiger partial charge on any atom is 0.150 e. The van der Waals surface area contributed by atoms with Gasteiger partial charge in [-0.15, -0.1) is 0 Å². The summed E-state index contributed by atoms with van der Waals surface area (Å²) in [6.45, 7) is 0. The van der Waals surface area contributed by atoms with Gasteiger partial charge in [-0.1, -0.05) is 109 Å². The molecule has 0 fully saturated rings. The third-order valence-electron chi connectivity index (χ3n) is 9.50. The van der Waals surface area contributed by atoms with Gasteiger partial charge in [0.1, 0.15) is 12.6 Å². The standard InChI is InChI=1S/C44H26N2O2/c47-25-27-7-11-29(12-8-27)31-16-22-38-41-33(31)17-19-35(39-5-1-3-23-45-39)43(41)37-21-15-32(30-13-9-28(26-48)10-14-30)34-18-20-36(44(38)42(34)37)40-6-2-4-24-46-40/h1-26H. The minimum Gasteiger partial charge on any atom is -0.298 e. The first-order valence-electron chi connectivity index (χ1n) is 15.9. The highest BCUT2D eigenvalue weighted by atomic mass is 16.1. The van der Waals surface area contributed by atoms with Crippen molar-refractivity contribution in [2.75, 3.05) is 0 Å². The number of hydrogen-bond acceptors (Lipinski definition) is 4. The predicted molar refractivity (Wildman–Crippen MR) is 196 cm³/mol. The van der Waals surface area contributed by atoms with Crippen molar-refractivity contribution < 1.29 is 9.59 Å². The largest absolute Gasteiger partial charge is 0.298 e. The lowest BCUT2D eigenvalue weighted by molar-refractivity contribution is 0.111. The molecule has 0 radical (unpaired) electrons. The summed E-state index contributed by atoms with van der Waals surface area (Å²) in [6.07, 6.45) is 5.44. The molecule has 4 heteroatoms. The van der Waals surface area contributed by atoms with E-state index in [9.17, 15) is 9.59 Å². The van der Waals surface area contributed by atoms with Crippen LogP contribution in [0.5, 0.6) is 0 Å². The van der Waals surface area contributed by atoms with Gasteiger partial charge in [-0.2, -0.15) is 0 Å². The van der Waals surface area contributed by atoms with E-state index in [1.165, 1.54) is 0 Å². The second-order valence-corrected chi connectivity index (χ2v) is 12.1. The van der Waals surface area contributed by atoms with Crippen LogP contribution in [-0.2, 0) is 0 Å². The fourth-order valence-electron chi connectivity index (χ4n) is 7.33. The van der Waals surface area contributed by atoms with Gasteiger partial charge in [-0.25, -0.2) is 0 Å². The molecule has 0 bridgehead atoms. The molecular formula is C44H26N2O2. The highest BCUT2D eigenvalue weighted by Crippen LogP contribution is 2.50. The number of carbonyl (C=O) groups excluding carboxylic acids is 2. The molecule has 48 heavy (non-hydrogen) atoms. The molecule has 0 spiro atoms. The van der Waals surface area contributed by atoms with E-state index in [1.54, 1.807) is 0 Å². The Balaban J connectivity index is 1.49.